The van der Waals surface area contributed by atoms with Gasteiger partial charge in [-0.2, -0.15) is 10.5 Å². The van der Waals surface area contributed by atoms with E-state index in [0.29, 0.717) is 5.69 Å². The first-order valence-corrected chi connectivity index (χ1v) is 5.28. The number of nitro benzene ring substituents is 1. The molecule has 1 heterocycles. The van der Waals surface area contributed by atoms with Crippen LogP contribution in [0.4, 0.5) is 5.69 Å². The molecule has 2 rings (SSSR count). The Morgan fingerprint density at radius 2 is 2.11 bits per heavy atom. The highest BCUT2D eigenvalue weighted by atomic mass is 35.5. The molecule has 0 spiro atoms. The summed E-state index contributed by atoms with van der Waals surface area (Å²) in [5.74, 6) is 0. The molecule has 0 bridgehead atoms. The molecule has 0 aliphatic heterocycles. The molecule has 8 heteroatoms. The fourth-order valence-electron chi connectivity index (χ4n) is 1.52. The van der Waals surface area contributed by atoms with E-state index in [1.807, 2.05) is 6.07 Å². The van der Waals surface area contributed by atoms with Crippen molar-refractivity contribution in [3.8, 4) is 17.8 Å². The van der Waals surface area contributed by atoms with Gasteiger partial charge in [0.2, 0.25) is 0 Å². The Morgan fingerprint density at radius 3 is 2.63 bits per heavy atom. The summed E-state index contributed by atoms with van der Waals surface area (Å²) in [6.45, 7) is 0. The van der Waals surface area contributed by atoms with E-state index in [1.165, 1.54) is 29.1 Å². The number of nitro groups is 1. The summed E-state index contributed by atoms with van der Waals surface area (Å²) in [4.78, 5) is 13.8. The Morgan fingerprint density at radius 1 is 1.37 bits per heavy atom. The molecule has 0 aliphatic rings. The molecule has 7 nitrogen and oxygen atoms in total. The third kappa shape index (κ3) is 2.10. The lowest BCUT2D eigenvalue weighted by atomic mass is 10.2. The number of benzene rings is 1. The number of non-ortho nitro benzene ring substituents is 1. The normalized spacial score (nSPS) is 9.63. The molecular weight excluding hydrogens is 270 g/mol. The summed E-state index contributed by atoms with van der Waals surface area (Å²) in [6, 6.07) is 7.45. The topological polar surface area (TPSA) is 109 Å². The van der Waals surface area contributed by atoms with Crippen LogP contribution >= 0.6 is 11.6 Å². The maximum atomic E-state index is 10.6. The van der Waals surface area contributed by atoms with Crippen molar-refractivity contribution in [2.24, 2.45) is 0 Å². The summed E-state index contributed by atoms with van der Waals surface area (Å²) in [5, 5.41) is 28.5. The van der Waals surface area contributed by atoms with E-state index in [1.54, 1.807) is 6.07 Å². The third-order valence-corrected chi connectivity index (χ3v) is 2.68. The lowest BCUT2D eigenvalue weighted by molar-refractivity contribution is -0.384. The number of halogens is 1. The number of hydrogen-bond acceptors (Lipinski definition) is 5. The summed E-state index contributed by atoms with van der Waals surface area (Å²) >= 11 is 5.94. The van der Waals surface area contributed by atoms with Crippen molar-refractivity contribution in [1.29, 1.82) is 10.5 Å². The molecule has 0 unspecified atom stereocenters. The van der Waals surface area contributed by atoms with Crippen molar-refractivity contribution in [2.45, 2.75) is 0 Å². The molecule has 92 valence electrons. The molecule has 0 radical (unpaired) electrons. The van der Waals surface area contributed by atoms with Crippen molar-refractivity contribution >= 4 is 17.3 Å². The van der Waals surface area contributed by atoms with Gasteiger partial charge < -0.3 is 0 Å². The second-order valence-corrected chi connectivity index (χ2v) is 3.84. The van der Waals surface area contributed by atoms with Gasteiger partial charge in [-0.05, 0) is 6.07 Å². The van der Waals surface area contributed by atoms with Crippen LogP contribution in [-0.4, -0.2) is 14.5 Å². The predicted molar refractivity (Wildman–Crippen MR) is 64.7 cm³/mol. The number of nitriles is 2. The minimum absolute atomic E-state index is 0.0262. The molecule has 2 aromatic rings. The van der Waals surface area contributed by atoms with Gasteiger partial charge in [0.15, 0.2) is 11.4 Å². The maximum absolute atomic E-state index is 10.6. The summed E-state index contributed by atoms with van der Waals surface area (Å²) in [7, 11) is 0. The standard InChI is InChI=1S/C11H4ClN5O2/c12-8-3-7(17(18)19)1-2-10(8)16-6-15-9(4-13)11(16)5-14/h1-3,6H. The fraction of sp³-hybridized carbons (Fsp3) is 0. The molecule has 0 fully saturated rings. The van der Waals surface area contributed by atoms with Crippen LogP contribution in [0.2, 0.25) is 5.02 Å². The monoisotopic (exact) mass is 273 g/mol. The molecule has 0 atom stereocenters. The van der Waals surface area contributed by atoms with Crippen LogP contribution in [0.3, 0.4) is 0 Å². The van der Waals surface area contributed by atoms with E-state index in [4.69, 9.17) is 22.1 Å². The van der Waals surface area contributed by atoms with E-state index in [0.717, 1.165) is 0 Å². The highest BCUT2D eigenvalue weighted by Crippen LogP contribution is 2.27. The predicted octanol–water partition coefficient (Wildman–Crippen LogP) is 2.18. The third-order valence-electron chi connectivity index (χ3n) is 2.38. The zero-order valence-corrected chi connectivity index (χ0v) is 10.00. The first-order valence-electron chi connectivity index (χ1n) is 4.90. The Kier molecular flexibility index (Phi) is 3.15. The van der Waals surface area contributed by atoms with Crippen molar-refractivity contribution < 1.29 is 4.92 Å². The highest BCUT2D eigenvalue weighted by molar-refractivity contribution is 6.32. The second-order valence-electron chi connectivity index (χ2n) is 3.43. The van der Waals surface area contributed by atoms with Gasteiger partial charge in [0.1, 0.15) is 18.5 Å². The lowest BCUT2D eigenvalue weighted by Crippen LogP contribution is -1.98. The van der Waals surface area contributed by atoms with Gasteiger partial charge in [0, 0.05) is 12.1 Å². The van der Waals surface area contributed by atoms with E-state index >= 15 is 0 Å². The molecular formula is C11H4ClN5O2. The average Bonchev–Trinajstić information content (AvgIpc) is 2.80. The van der Waals surface area contributed by atoms with Crippen LogP contribution in [0.25, 0.3) is 5.69 Å². The highest BCUT2D eigenvalue weighted by Gasteiger charge is 2.16. The molecule has 0 aliphatic carbocycles. The smallest absolute Gasteiger partial charge is 0.271 e. The first-order chi connectivity index (χ1) is 9.08. The van der Waals surface area contributed by atoms with Crippen molar-refractivity contribution in [3.05, 3.63) is 51.1 Å². The van der Waals surface area contributed by atoms with Crippen LogP contribution in [0.5, 0.6) is 0 Å². The fourth-order valence-corrected chi connectivity index (χ4v) is 1.79. The molecule has 0 saturated heterocycles. The molecule has 0 amide bonds. The number of nitrogens with zero attached hydrogens (tertiary/aromatic N) is 5. The van der Waals surface area contributed by atoms with Crippen molar-refractivity contribution in [3.63, 3.8) is 0 Å². The van der Waals surface area contributed by atoms with E-state index in [2.05, 4.69) is 4.98 Å². The second kappa shape index (κ2) is 4.77. The van der Waals surface area contributed by atoms with Crippen LogP contribution in [0, 0.1) is 32.8 Å². The van der Waals surface area contributed by atoms with Gasteiger partial charge in [-0.3, -0.25) is 14.7 Å². The van der Waals surface area contributed by atoms with Gasteiger partial charge >= 0.3 is 0 Å². The number of imidazole rings is 1. The van der Waals surface area contributed by atoms with E-state index in [-0.39, 0.29) is 22.1 Å². The first kappa shape index (κ1) is 12.6. The largest absolute Gasteiger partial charge is 0.288 e. The van der Waals surface area contributed by atoms with Gasteiger partial charge in [-0.1, -0.05) is 11.6 Å². The zero-order valence-electron chi connectivity index (χ0n) is 9.24. The summed E-state index contributed by atoms with van der Waals surface area (Å²) in [5.41, 5.74) is 0.181. The molecule has 1 aromatic heterocycles. The minimum atomic E-state index is -0.574. The van der Waals surface area contributed by atoms with Crippen LogP contribution in [0.15, 0.2) is 24.5 Å². The number of hydrogen-bond donors (Lipinski definition) is 0. The summed E-state index contributed by atoms with van der Waals surface area (Å²) < 4.78 is 1.31. The van der Waals surface area contributed by atoms with Gasteiger partial charge in [0.05, 0.1) is 15.6 Å². The average molecular weight is 274 g/mol. The zero-order chi connectivity index (χ0) is 14.0. The van der Waals surface area contributed by atoms with Gasteiger partial charge in [0.25, 0.3) is 5.69 Å². The molecule has 0 saturated carbocycles. The van der Waals surface area contributed by atoms with Crippen molar-refractivity contribution in [2.75, 3.05) is 0 Å². The van der Waals surface area contributed by atoms with E-state index in [9.17, 15) is 10.1 Å². The number of aromatic nitrogens is 2. The van der Waals surface area contributed by atoms with Crippen LogP contribution in [0.1, 0.15) is 11.4 Å². The Balaban J connectivity index is 2.61. The Labute approximate surface area is 112 Å². The Hall–Kier alpha value is -2.90. The van der Waals surface area contributed by atoms with E-state index < -0.39 is 4.92 Å². The molecule has 0 N–H and O–H groups in total. The van der Waals surface area contributed by atoms with Crippen molar-refractivity contribution in [1.82, 2.24) is 9.55 Å². The quantitative estimate of drug-likeness (QED) is 0.615. The van der Waals surface area contributed by atoms with Gasteiger partial charge in [-0.15, -0.1) is 0 Å². The maximum Gasteiger partial charge on any atom is 0.271 e. The van der Waals surface area contributed by atoms with Gasteiger partial charge in [-0.25, -0.2) is 4.98 Å². The van der Waals surface area contributed by atoms with Crippen LogP contribution in [-0.2, 0) is 0 Å². The SMILES string of the molecule is N#Cc1ncn(-c2ccc([N+](=O)[O-])cc2Cl)c1C#N. The Bertz CT molecular complexity index is 753. The molecule has 19 heavy (non-hydrogen) atoms. The minimum Gasteiger partial charge on any atom is -0.288 e. The molecule has 1 aromatic carbocycles. The van der Waals surface area contributed by atoms with Crippen LogP contribution < -0.4 is 0 Å². The number of rotatable bonds is 2. The summed E-state index contributed by atoms with van der Waals surface area (Å²) in [6.07, 6.45) is 1.27. The lowest BCUT2D eigenvalue weighted by Gasteiger charge is -2.05.